The molecule has 0 spiro atoms. The maximum atomic E-state index is 6.11. The predicted octanol–water partition coefficient (Wildman–Crippen LogP) is 8.46. The average Bonchev–Trinajstić information content (AvgIpc) is 2.87. The van der Waals surface area contributed by atoms with Crippen molar-refractivity contribution in [3.8, 4) is 11.1 Å². The summed E-state index contributed by atoms with van der Waals surface area (Å²) in [4.78, 5) is 0. The van der Waals surface area contributed by atoms with Crippen molar-refractivity contribution in [2.24, 2.45) is 5.92 Å². The van der Waals surface area contributed by atoms with E-state index in [2.05, 4.69) is 62.4 Å². The average molecular weight is 435 g/mol. The predicted molar refractivity (Wildman–Crippen MR) is 134 cm³/mol. The fourth-order valence-electron chi connectivity index (χ4n) is 5.45. The van der Waals surface area contributed by atoms with E-state index in [1.54, 1.807) is 0 Å². The van der Waals surface area contributed by atoms with Gasteiger partial charge in [-0.3, -0.25) is 0 Å². The highest BCUT2D eigenvalue weighted by atomic mass is 16.6. The lowest BCUT2D eigenvalue weighted by Crippen LogP contribution is -2.31. The van der Waals surface area contributed by atoms with Crippen LogP contribution in [0.25, 0.3) is 11.1 Å². The zero-order valence-electron chi connectivity index (χ0n) is 20.2. The summed E-state index contributed by atoms with van der Waals surface area (Å²) in [5, 5.41) is 0. The molecule has 0 amide bonds. The standard InChI is InChI=1S/C30H42O2/c1-3-5-7-23-9-11-24(12-10-23)25-13-15-26(16-14-25)27-17-19-28(20-18-27)30-22-31-29(21-32-30)8-6-4-2/h13-20,23-24,29-30H,3-12,21-22H2,1-2H3/t23-,24-,29-,30-/m0/s1. The summed E-state index contributed by atoms with van der Waals surface area (Å²) >= 11 is 0. The molecule has 0 N–H and O–H groups in total. The summed E-state index contributed by atoms with van der Waals surface area (Å²) in [7, 11) is 0. The van der Waals surface area contributed by atoms with Gasteiger partial charge in [0.05, 0.1) is 19.3 Å². The van der Waals surface area contributed by atoms with Gasteiger partial charge in [-0.1, -0.05) is 94.5 Å². The first-order valence-corrected chi connectivity index (χ1v) is 13.2. The molecule has 174 valence electrons. The van der Waals surface area contributed by atoms with Gasteiger partial charge in [0.1, 0.15) is 6.10 Å². The third-order valence-electron chi connectivity index (χ3n) is 7.66. The van der Waals surface area contributed by atoms with Crippen molar-refractivity contribution in [3.63, 3.8) is 0 Å². The zero-order valence-corrected chi connectivity index (χ0v) is 20.2. The van der Waals surface area contributed by atoms with E-state index in [0.717, 1.165) is 18.3 Å². The maximum absolute atomic E-state index is 6.11. The summed E-state index contributed by atoms with van der Waals surface area (Å²) in [5.41, 5.74) is 5.34. The van der Waals surface area contributed by atoms with Crippen molar-refractivity contribution in [2.75, 3.05) is 13.2 Å². The molecule has 4 rings (SSSR count). The highest BCUT2D eigenvalue weighted by molar-refractivity contribution is 5.64. The Morgan fingerprint density at radius 3 is 1.81 bits per heavy atom. The van der Waals surface area contributed by atoms with Gasteiger partial charge < -0.3 is 9.47 Å². The third-order valence-corrected chi connectivity index (χ3v) is 7.66. The maximum Gasteiger partial charge on any atom is 0.106 e. The van der Waals surface area contributed by atoms with Gasteiger partial charge in [-0.2, -0.15) is 0 Å². The van der Waals surface area contributed by atoms with Gasteiger partial charge >= 0.3 is 0 Å². The van der Waals surface area contributed by atoms with E-state index in [1.807, 2.05) is 0 Å². The fourth-order valence-corrected chi connectivity index (χ4v) is 5.45. The minimum Gasteiger partial charge on any atom is -0.373 e. The van der Waals surface area contributed by atoms with Gasteiger partial charge in [-0.25, -0.2) is 0 Å². The first kappa shape index (κ1) is 23.5. The molecule has 1 saturated carbocycles. The number of hydrogen-bond donors (Lipinski definition) is 0. The summed E-state index contributed by atoms with van der Waals surface area (Å²) < 4.78 is 12.1. The normalized spacial score (nSPS) is 26.2. The van der Waals surface area contributed by atoms with Gasteiger partial charge in [-0.05, 0) is 66.2 Å². The van der Waals surface area contributed by atoms with Crippen molar-refractivity contribution in [2.45, 2.75) is 96.2 Å². The van der Waals surface area contributed by atoms with Crippen molar-refractivity contribution in [3.05, 3.63) is 59.7 Å². The third kappa shape index (κ3) is 6.23. The van der Waals surface area contributed by atoms with Crippen molar-refractivity contribution in [1.29, 1.82) is 0 Å². The van der Waals surface area contributed by atoms with Crippen LogP contribution in [0.4, 0.5) is 0 Å². The Kier molecular flexibility index (Phi) is 8.82. The molecule has 0 bridgehead atoms. The van der Waals surface area contributed by atoms with E-state index in [9.17, 15) is 0 Å². The second-order valence-electron chi connectivity index (χ2n) is 10.0. The van der Waals surface area contributed by atoms with Crippen LogP contribution < -0.4 is 0 Å². The summed E-state index contributed by atoms with van der Waals surface area (Å²) in [6.07, 6.45) is 13.6. The van der Waals surface area contributed by atoms with Gasteiger partial charge in [0.2, 0.25) is 0 Å². The molecule has 2 fully saturated rings. The molecular formula is C30H42O2. The number of unbranched alkanes of at least 4 members (excludes halogenated alkanes) is 2. The van der Waals surface area contributed by atoms with E-state index in [-0.39, 0.29) is 12.2 Å². The first-order chi connectivity index (χ1) is 15.8. The monoisotopic (exact) mass is 434 g/mol. The van der Waals surface area contributed by atoms with Gasteiger partial charge in [-0.15, -0.1) is 0 Å². The first-order valence-electron chi connectivity index (χ1n) is 13.2. The number of rotatable bonds is 9. The lowest BCUT2D eigenvalue weighted by Gasteiger charge is -2.30. The number of hydrogen-bond acceptors (Lipinski definition) is 2. The number of benzene rings is 2. The van der Waals surface area contributed by atoms with Crippen LogP contribution in [0, 0.1) is 5.92 Å². The van der Waals surface area contributed by atoms with E-state index in [1.165, 1.54) is 80.0 Å². The molecule has 2 heteroatoms. The Hall–Kier alpha value is -1.64. The largest absolute Gasteiger partial charge is 0.373 e. The number of ether oxygens (including phenoxy) is 2. The zero-order chi connectivity index (χ0) is 22.2. The van der Waals surface area contributed by atoms with Crippen LogP contribution in [0.2, 0.25) is 0 Å². The van der Waals surface area contributed by atoms with Crippen molar-refractivity contribution < 1.29 is 9.47 Å². The molecular weight excluding hydrogens is 392 g/mol. The molecule has 0 aromatic heterocycles. The Morgan fingerprint density at radius 2 is 1.25 bits per heavy atom. The topological polar surface area (TPSA) is 18.5 Å². The fraction of sp³-hybridized carbons (Fsp3) is 0.600. The Balaban J connectivity index is 1.29. The SMILES string of the molecule is CCCC[C@H]1CO[C@H](c2ccc(-c3ccc([C@H]4CC[C@H](CCCC)CC4)cc3)cc2)CO1. The van der Waals surface area contributed by atoms with Crippen LogP contribution in [0.15, 0.2) is 48.5 Å². The van der Waals surface area contributed by atoms with Crippen LogP contribution >= 0.6 is 0 Å². The lowest BCUT2D eigenvalue weighted by atomic mass is 9.77. The lowest BCUT2D eigenvalue weighted by molar-refractivity contribution is -0.137. The summed E-state index contributed by atoms with van der Waals surface area (Å²) in [6, 6.07) is 18.2. The Morgan fingerprint density at radius 1 is 0.656 bits per heavy atom. The molecule has 2 aliphatic rings. The molecule has 1 aliphatic carbocycles. The van der Waals surface area contributed by atoms with Crippen molar-refractivity contribution >= 4 is 0 Å². The van der Waals surface area contributed by atoms with E-state index in [4.69, 9.17) is 9.47 Å². The molecule has 0 unspecified atom stereocenters. The molecule has 2 atom stereocenters. The van der Waals surface area contributed by atoms with Crippen LogP contribution in [0.5, 0.6) is 0 Å². The summed E-state index contributed by atoms with van der Waals surface area (Å²) in [6.45, 7) is 5.92. The molecule has 2 aromatic carbocycles. The minimum atomic E-state index is 0.0664. The summed E-state index contributed by atoms with van der Waals surface area (Å²) in [5.74, 6) is 1.73. The molecule has 1 heterocycles. The molecule has 0 radical (unpaired) electrons. The highest BCUT2D eigenvalue weighted by Gasteiger charge is 2.24. The van der Waals surface area contributed by atoms with Crippen LogP contribution in [-0.2, 0) is 9.47 Å². The molecule has 1 saturated heterocycles. The van der Waals surface area contributed by atoms with Gasteiger partial charge in [0.25, 0.3) is 0 Å². The van der Waals surface area contributed by atoms with Crippen LogP contribution in [0.1, 0.15) is 101 Å². The Labute approximate surface area is 195 Å². The quantitative estimate of drug-likeness (QED) is 0.394. The Bertz CT molecular complexity index is 709. The highest BCUT2D eigenvalue weighted by Crippen LogP contribution is 2.38. The second-order valence-corrected chi connectivity index (χ2v) is 10.0. The van der Waals surface area contributed by atoms with E-state index >= 15 is 0 Å². The molecule has 32 heavy (non-hydrogen) atoms. The van der Waals surface area contributed by atoms with Crippen LogP contribution in [0.3, 0.4) is 0 Å². The van der Waals surface area contributed by atoms with Crippen molar-refractivity contribution in [1.82, 2.24) is 0 Å². The van der Waals surface area contributed by atoms with Gasteiger partial charge in [0, 0.05) is 0 Å². The molecule has 2 aromatic rings. The molecule has 1 aliphatic heterocycles. The van der Waals surface area contributed by atoms with E-state index < -0.39 is 0 Å². The van der Waals surface area contributed by atoms with E-state index in [0.29, 0.717) is 13.2 Å². The second kappa shape index (κ2) is 12.0. The van der Waals surface area contributed by atoms with Crippen LogP contribution in [-0.4, -0.2) is 19.3 Å². The molecule has 2 nitrogen and oxygen atoms in total. The minimum absolute atomic E-state index is 0.0664. The smallest absolute Gasteiger partial charge is 0.106 e. The van der Waals surface area contributed by atoms with Gasteiger partial charge in [0.15, 0.2) is 0 Å².